The summed E-state index contributed by atoms with van der Waals surface area (Å²) in [6.07, 6.45) is 6.24. The lowest BCUT2D eigenvalue weighted by molar-refractivity contribution is -0.121. The molecule has 3 N–H and O–H groups in total. The van der Waals surface area contributed by atoms with Crippen LogP contribution in [0.25, 0.3) is 0 Å². The third kappa shape index (κ3) is 5.04. The Morgan fingerprint density at radius 1 is 1.04 bits per heavy atom. The van der Waals surface area contributed by atoms with Crippen LogP contribution in [0.2, 0.25) is 0 Å². The first-order valence-corrected chi connectivity index (χ1v) is 11.7. The van der Waals surface area contributed by atoms with Crippen molar-refractivity contribution in [2.24, 2.45) is 0 Å². The largest absolute Gasteiger partial charge is 0.354 e. The highest BCUT2D eigenvalue weighted by Crippen LogP contribution is 2.38. The lowest BCUT2D eigenvalue weighted by atomic mass is 9.99. The van der Waals surface area contributed by atoms with Gasteiger partial charge in [0.15, 0.2) is 0 Å². The average molecular weight is 408 g/mol. The number of benzene rings is 1. The normalized spacial score (nSPS) is 15.2. The quantitative estimate of drug-likeness (QED) is 0.646. The number of hydrogen-bond acceptors (Lipinski definition) is 4. The standard InChI is InChI=1S/C20H29N3O4S/c1-13(2)21-18(24)10-5-11-28(26,27)23-20(25)22-19-16-8-3-6-14(16)12-15-7-4-9-17(15)19/h12-13H,3-11H2,1-2H3,(H,21,24)(H2,22,23,25). The van der Waals surface area contributed by atoms with Gasteiger partial charge in [0, 0.05) is 18.2 Å². The summed E-state index contributed by atoms with van der Waals surface area (Å²) in [5.74, 6) is -0.457. The molecule has 0 unspecified atom stereocenters. The van der Waals surface area contributed by atoms with Crippen molar-refractivity contribution in [3.05, 3.63) is 28.3 Å². The molecule has 1 aromatic carbocycles. The van der Waals surface area contributed by atoms with Gasteiger partial charge >= 0.3 is 6.03 Å². The summed E-state index contributed by atoms with van der Waals surface area (Å²) in [6, 6.07) is 1.55. The molecule has 2 aliphatic carbocycles. The zero-order valence-electron chi connectivity index (χ0n) is 16.6. The van der Waals surface area contributed by atoms with Gasteiger partial charge in [-0.2, -0.15) is 0 Å². The van der Waals surface area contributed by atoms with Crippen LogP contribution in [0.5, 0.6) is 0 Å². The van der Waals surface area contributed by atoms with Crippen molar-refractivity contribution in [1.29, 1.82) is 0 Å². The number of aryl methyl sites for hydroxylation is 2. The van der Waals surface area contributed by atoms with Gasteiger partial charge in [0.1, 0.15) is 0 Å². The Bertz CT molecular complexity index is 846. The first-order valence-electron chi connectivity index (χ1n) is 10.0. The van der Waals surface area contributed by atoms with Crippen molar-refractivity contribution in [3.8, 4) is 0 Å². The first kappa shape index (κ1) is 20.6. The second-order valence-corrected chi connectivity index (χ2v) is 9.78. The molecule has 2 aliphatic rings. The van der Waals surface area contributed by atoms with E-state index in [1.165, 1.54) is 11.1 Å². The lowest BCUT2D eigenvalue weighted by Gasteiger charge is -2.16. The van der Waals surface area contributed by atoms with Crippen molar-refractivity contribution >= 4 is 27.6 Å². The van der Waals surface area contributed by atoms with Crippen LogP contribution in [-0.2, 0) is 40.5 Å². The number of rotatable bonds is 7. The number of anilines is 1. The van der Waals surface area contributed by atoms with E-state index in [0.29, 0.717) is 0 Å². The topological polar surface area (TPSA) is 104 Å². The summed E-state index contributed by atoms with van der Waals surface area (Å²) >= 11 is 0. The molecule has 0 saturated carbocycles. The van der Waals surface area contributed by atoms with Gasteiger partial charge in [-0.1, -0.05) is 6.07 Å². The predicted molar refractivity (Wildman–Crippen MR) is 109 cm³/mol. The average Bonchev–Trinajstić information content (AvgIpc) is 3.21. The van der Waals surface area contributed by atoms with Crippen LogP contribution in [0.15, 0.2) is 6.07 Å². The van der Waals surface area contributed by atoms with E-state index in [1.807, 2.05) is 13.8 Å². The number of nitrogens with one attached hydrogen (secondary N) is 3. The highest BCUT2D eigenvalue weighted by molar-refractivity contribution is 7.90. The van der Waals surface area contributed by atoms with E-state index in [9.17, 15) is 18.0 Å². The summed E-state index contributed by atoms with van der Waals surface area (Å²) in [7, 11) is -3.80. The maximum absolute atomic E-state index is 12.4. The van der Waals surface area contributed by atoms with Crippen LogP contribution in [0.3, 0.4) is 0 Å². The smallest absolute Gasteiger partial charge is 0.332 e. The van der Waals surface area contributed by atoms with Gasteiger partial charge < -0.3 is 10.6 Å². The Kier molecular flexibility index (Phi) is 6.27. The SMILES string of the molecule is CC(C)NC(=O)CCCS(=O)(=O)NC(=O)Nc1c2c(cc3c1CCC3)CCC2. The molecule has 0 bridgehead atoms. The maximum Gasteiger partial charge on any atom is 0.332 e. The maximum atomic E-state index is 12.4. The molecule has 154 valence electrons. The molecule has 0 spiro atoms. The molecule has 28 heavy (non-hydrogen) atoms. The van der Waals surface area contributed by atoms with Gasteiger partial charge in [0.2, 0.25) is 15.9 Å². The minimum atomic E-state index is -3.80. The monoisotopic (exact) mass is 407 g/mol. The molecule has 0 aromatic heterocycles. The van der Waals surface area contributed by atoms with Crippen molar-refractivity contribution in [1.82, 2.24) is 10.0 Å². The van der Waals surface area contributed by atoms with Gasteiger partial charge in [-0.05, 0) is 81.0 Å². The zero-order chi connectivity index (χ0) is 20.3. The van der Waals surface area contributed by atoms with Crippen LogP contribution >= 0.6 is 0 Å². The van der Waals surface area contributed by atoms with E-state index in [2.05, 4.69) is 21.4 Å². The van der Waals surface area contributed by atoms with E-state index >= 15 is 0 Å². The number of carbonyl (C=O) groups is 2. The molecule has 0 heterocycles. The zero-order valence-corrected chi connectivity index (χ0v) is 17.4. The number of hydrogen-bond donors (Lipinski definition) is 3. The van der Waals surface area contributed by atoms with Gasteiger partial charge in [-0.25, -0.2) is 17.9 Å². The summed E-state index contributed by atoms with van der Waals surface area (Å²) in [5, 5.41) is 5.53. The van der Waals surface area contributed by atoms with Crippen molar-refractivity contribution < 1.29 is 18.0 Å². The van der Waals surface area contributed by atoms with Crippen LogP contribution < -0.4 is 15.4 Å². The van der Waals surface area contributed by atoms with E-state index in [-0.39, 0.29) is 30.5 Å². The van der Waals surface area contributed by atoms with E-state index in [4.69, 9.17) is 0 Å². The van der Waals surface area contributed by atoms with Crippen LogP contribution in [0, 0.1) is 0 Å². The van der Waals surface area contributed by atoms with Crippen molar-refractivity contribution in [2.75, 3.05) is 11.1 Å². The fourth-order valence-electron chi connectivity index (χ4n) is 4.12. The summed E-state index contributed by atoms with van der Waals surface area (Å²) < 4.78 is 26.5. The van der Waals surface area contributed by atoms with Crippen LogP contribution in [0.4, 0.5) is 10.5 Å². The lowest BCUT2D eigenvalue weighted by Crippen LogP contribution is -2.37. The molecule has 0 fully saturated rings. The number of carbonyl (C=O) groups excluding carboxylic acids is 2. The Labute approximate surface area is 166 Å². The first-order chi connectivity index (χ1) is 13.2. The number of urea groups is 1. The molecule has 0 aliphatic heterocycles. The Morgan fingerprint density at radius 2 is 1.64 bits per heavy atom. The summed E-state index contributed by atoms with van der Waals surface area (Å²) in [4.78, 5) is 24.0. The molecule has 7 nitrogen and oxygen atoms in total. The minimum Gasteiger partial charge on any atom is -0.354 e. The van der Waals surface area contributed by atoms with Crippen molar-refractivity contribution in [2.45, 2.75) is 71.3 Å². The third-order valence-corrected chi connectivity index (χ3v) is 6.55. The molecular formula is C20H29N3O4S. The highest BCUT2D eigenvalue weighted by Gasteiger charge is 2.26. The molecule has 0 atom stereocenters. The Hall–Kier alpha value is -2.09. The summed E-state index contributed by atoms with van der Waals surface area (Å²) in [5.41, 5.74) is 5.66. The second kappa shape index (κ2) is 8.51. The van der Waals surface area contributed by atoms with E-state index in [0.717, 1.165) is 55.3 Å². The molecule has 3 rings (SSSR count). The second-order valence-electron chi connectivity index (χ2n) is 7.93. The van der Waals surface area contributed by atoms with Crippen LogP contribution in [0.1, 0.15) is 61.8 Å². The third-order valence-electron chi connectivity index (χ3n) is 5.23. The Balaban J connectivity index is 1.59. The van der Waals surface area contributed by atoms with E-state index < -0.39 is 16.1 Å². The molecule has 0 radical (unpaired) electrons. The van der Waals surface area contributed by atoms with Gasteiger partial charge in [-0.3, -0.25) is 4.79 Å². The fraction of sp³-hybridized carbons (Fsp3) is 0.600. The van der Waals surface area contributed by atoms with Crippen molar-refractivity contribution in [3.63, 3.8) is 0 Å². The van der Waals surface area contributed by atoms with Gasteiger partial charge in [0.25, 0.3) is 0 Å². The van der Waals surface area contributed by atoms with Gasteiger partial charge in [-0.15, -0.1) is 0 Å². The van der Waals surface area contributed by atoms with E-state index in [1.54, 1.807) is 0 Å². The molecule has 1 aromatic rings. The number of sulfonamides is 1. The molecular weight excluding hydrogens is 378 g/mol. The Morgan fingerprint density at radius 3 is 2.21 bits per heavy atom. The molecule has 8 heteroatoms. The van der Waals surface area contributed by atoms with Crippen LogP contribution in [-0.4, -0.2) is 32.2 Å². The summed E-state index contributed by atoms with van der Waals surface area (Å²) in [6.45, 7) is 3.69. The highest BCUT2D eigenvalue weighted by atomic mass is 32.2. The molecule has 0 saturated heterocycles. The van der Waals surface area contributed by atoms with Gasteiger partial charge in [0.05, 0.1) is 5.75 Å². The number of amides is 3. The predicted octanol–water partition coefficient (Wildman–Crippen LogP) is 2.42. The minimum absolute atomic E-state index is 0.0161. The fourth-order valence-corrected chi connectivity index (χ4v) is 5.08. The number of fused-ring (bicyclic) bond motifs is 2. The molecule has 3 amide bonds.